The molecule has 1 aromatic rings. The van der Waals surface area contributed by atoms with Crippen molar-refractivity contribution in [2.45, 2.75) is 26.4 Å². The number of ether oxygens (including phenoxy) is 1. The summed E-state index contributed by atoms with van der Waals surface area (Å²) in [5, 5.41) is 8.95. The van der Waals surface area contributed by atoms with Gasteiger partial charge in [0.05, 0.1) is 6.10 Å². The second-order valence-corrected chi connectivity index (χ2v) is 4.20. The maximum atomic E-state index is 10.9. The molecule has 0 aliphatic heterocycles. The molecule has 1 N–H and O–H groups in total. The van der Waals surface area contributed by atoms with Gasteiger partial charge < -0.3 is 9.84 Å². The van der Waals surface area contributed by atoms with Gasteiger partial charge in [-0.05, 0) is 31.5 Å². The summed E-state index contributed by atoms with van der Waals surface area (Å²) in [4.78, 5) is 10.9. The molecular formula is C11H13BrO3. The van der Waals surface area contributed by atoms with Crippen LogP contribution in [0.4, 0.5) is 0 Å². The molecule has 3 nitrogen and oxygen atoms in total. The fraction of sp³-hybridized carbons (Fsp3) is 0.364. The quantitative estimate of drug-likeness (QED) is 0.915. The maximum Gasteiger partial charge on any atom is 0.339 e. The standard InChI is InChI=1S/C11H13BrO3/c1-3-7(2)15-10-6-8(12)4-5-9(10)11(13)14/h4-7H,3H2,1-2H3,(H,13,14). The first-order valence-corrected chi connectivity index (χ1v) is 5.53. The Labute approximate surface area is 97.2 Å². The molecule has 0 fully saturated rings. The summed E-state index contributed by atoms with van der Waals surface area (Å²) >= 11 is 3.28. The van der Waals surface area contributed by atoms with Crippen molar-refractivity contribution in [1.29, 1.82) is 0 Å². The van der Waals surface area contributed by atoms with Gasteiger partial charge in [-0.1, -0.05) is 22.9 Å². The third-order valence-corrected chi connectivity index (χ3v) is 2.57. The number of hydrogen-bond acceptors (Lipinski definition) is 2. The van der Waals surface area contributed by atoms with E-state index in [1.165, 1.54) is 6.07 Å². The molecule has 82 valence electrons. The highest BCUT2D eigenvalue weighted by molar-refractivity contribution is 9.10. The summed E-state index contributed by atoms with van der Waals surface area (Å²) in [6.07, 6.45) is 0.850. The normalized spacial score (nSPS) is 12.2. The lowest BCUT2D eigenvalue weighted by atomic mass is 10.2. The smallest absolute Gasteiger partial charge is 0.339 e. The molecule has 0 amide bonds. The minimum atomic E-state index is -0.971. The van der Waals surface area contributed by atoms with Gasteiger partial charge in [-0.3, -0.25) is 0 Å². The van der Waals surface area contributed by atoms with E-state index in [4.69, 9.17) is 9.84 Å². The first-order chi connectivity index (χ1) is 7.04. The number of aromatic carboxylic acids is 1. The van der Waals surface area contributed by atoms with Crippen LogP contribution in [-0.2, 0) is 0 Å². The number of halogens is 1. The van der Waals surface area contributed by atoms with Gasteiger partial charge in [0.25, 0.3) is 0 Å². The van der Waals surface area contributed by atoms with Crippen LogP contribution in [0.5, 0.6) is 5.75 Å². The molecular weight excluding hydrogens is 260 g/mol. The summed E-state index contributed by atoms with van der Waals surface area (Å²) < 4.78 is 6.34. The number of carboxylic acid groups (broad SMARTS) is 1. The Kier molecular flexibility index (Phi) is 4.15. The lowest BCUT2D eigenvalue weighted by molar-refractivity contribution is 0.0689. The first-order valence-electron chi connectivity index (χ1n) is 4.74. The molecule has 0 saturated heterocycles. The zero-order chi connectivity index (χ0) is 11.4. The second kappa shape index (κ2) is 5.16. The van der Waals surface area contributed by atoms with E-state index < -0.39 is 5.97 Å². The molecule has 1 unspecified atom stereocenters. The van der Waals surface area contributed by atoms with E-state index >= 15 is 0 Å². The van der Waals surface area contributed by atoms with Crippen LogP contribution >= 0.6 is 15.9 Å². The van der Waals surface area contributed by atoms with Crippen molar-refractivity contribution in [3.63, 3.8) is 0 Å². The van der Waals surface area contributed by atoms with E-state index in [1.54, 1.807) is 12.1 Å². The molecule has 0 aliphatic rings. The van der Waals surface area contributed by atoms with Crippen molar-refractivity contribution in [2.75, 3.05) is 0 Å². The number of hydrogen-bond donors (Lipinski definition) is 1. The third kappa shape index (κ3) is 3.23. The second-order valence-electron chi connectivity index (χ2n) is 3.28. The van der Waals surface area contributed by atoms with Crippen molar-refractivity contribution < 1.29 is 14.6 Å². The molecule has 0 saturated carbocycles. The molecule has 15 heavy (non-hydrogen) atoms. The lowest BCUT2D eigenvalue weighted by Crippen LogP contribution is -2.12. The van der Waals surface area contributed by atoms with E-state index in [0.717, 1.165) is 10.9 Å². The summed E-state index contributed by atoms with van der Waals surface area (Å²) in [6.45, 7) is 3.90. The highest BCUT2D eigenvalue weighted by Gasteiger charge is 2.13. The predicted molar refractivity (Wildman–Crippen MR) is 61.5 cm³/mol. The first kappa shape index (κ1) is 12.0. The molecule has 0 spiro atoms. The molecule has 0 bridgehead atoms. The van der Waals surface area contributed by atoms with Crippen LogP contribution in [0.3, 0.4) is 0 Å². The molecule has 0 aromatic heterocycles. The third-order valence-electron chi connectivity index (χ3n) is 2.08. The van der Waals surface area contributed by atoms with E-state index in [9.17, 15) is 4.79 Å². The van der Waals surface area contributed by atoms with Crippen molar-refractivity contribution in [3.05, 3.63) is 28.2 Å². The van der Waals surface area contributed by atoms with Crippen LogP contribution in [0.15, 0.2) is 22.7 Å². The van der Waals surface area contributed by atoms with Crippen LogP contribution in [0.25, 0.3) is 0 Å². The largest absolute Gasteiger partial charge is 0.490 e. The van der Waals surface area contributed by atoms with Crippen molar-refractivity contribution in [2.24, 2.45) is 0 Å². The van der Waals surface area contributed by atoms with Crippen LogP contribution in [0.2, 0.25) is 0 Å². The summed E-state index contributed by atoms with van der Waals surface area (Å²) in [5.74, 6) is -0.563. The highest BCUT2D eigenvalue weighted by atomic mass is 79.9. The van der Waals surface area contributed by atoms with E-state index in [2.05, 4.69) is 15.9 Å². The van der Waals surface area contributed by atoms with E-state index in [1.807, 2.05) is 13.8 Å². The van der Waals surface area contributed by atoms with Crippen molar-refractivity contribution in [1.82, 2.24) is 0 Å². The fourth-order valence-corrected chi connectivity index (χ4v) is 1.41. The predicted octanol–water partition coefficient (Wildman–Crippen LogP) is 3.32. The van der Waals surface area contributed by atoms with Crippen LogP contribution in [-0.4, -0.2) is 17.2 Å². The van der Waals surface area contributed by atoms with Gasteiger partial charge >= 0.3 is 5.97 Å². The zero-order valence-corrected chi connectivity index (χ0v) is 10.2. The Morgan fingerprint density at radius 1 is 1.60 bits per heavy atom. The molecule has 1 aromatic carbocycles. The van der Waals surface area contributed by atoms with Gasteiger partial charge in [-0.15, -0.1) is 0 Å². The van der Waals surface area contributed by atoms with Crippen LogP contribution in [0, 0.1) is 0 Å². The minimum absolute atomic E-state index is 0.0115. The molecule has 0 heterocycles. The lowest BCUT2D eigenvalue weighted by Gasteiger charge is -2.14. The Morgan fingerprint density at radius 3 is 2.80 bits per heavy atom. The molecule has 1 atom stereocenters. The molecule has 0 aliphatic carbocycles. The van der Waals surface area contributed by atoms with E-state index in [0.29, 0.717) is 5.75 Å². The van der Waals surface area contributed by atoms with Crippen LogP contribution in [0.1, 0.15) is 30.6 Å². The van der Waals surface area contributed by atoms with E-state index in [-0.39, 0.29) is 11.7 Å². The monoisotopic (exact) mass is 272 g/mol. The number of benzene rings is 1. The molecule has 1 rings (SSSR count). The summed E-state index contributed by atoms with van der Waals surface area (Å²) in [5.41, 5.74) is 0.193. The van der Waals surface area contributed by atoms with Gasteiger partial charge in [0.2, 0.25) is 0 Å². The Hall–Kier alpha value is -1.03. The average molecular weight is 273 g/mol. The Morgan fingerprint density at radius 2 is 2.27 bits per heavy atom. The van der Waals surface area contributed by atoms with Gasteiger partial charge in [0, 0.05) is 4.47 Å². The van der Waals surface area contributed by atoms with Crippen molar-refractivity contribution in [3.8, 4) is 5.75 Å². The fourth-order valence-electron chi connectivity index (χ4n) is 1.07. The maximum absolute atomic E-state index is 10.9. The number of carbonyl (C=O) groups is 1. The van der Waals surface area contributed by atoms with Gasteiger partial charge in [-0.2, -0.15) is 0 Å². The van der Waals surface area contributed by atoms with Crippen LogP contribution < -0.4 is 4.74 Å². The van der Waals surface area contributed by atoms with Gasteiger partial charge in [0.1, 0.15) is 11.3 Å². The SMILES string of the molecule is CCC(C)Oc1cc(Br)ccc1C(=O)O. The number of carboxylic acids is 1. The Bertz CT molecular complexity index is 363. The molecule has 0 radical (unpaired) electrons. The topological polar surface area (TPSA) is 46.5 Å². The highest BCUT2D eigenvalue weighted by Crippen LogP contribution is 2.25. The van der Waals surface area contributed by atoms with Crippen molar-refractivity contribution >= 4 is 21.9 Å². The summed E-state index contributed by atoms with van der Waals surface area (Å²) in [7, 11) is 0. The summed E-state index contributed by atoms with van der Waals surface area (Å²) in [6, 6.07) is 4.90. The Balaban J connectivity index is 3.02. The van der Waals surface area contributed by atoms with Gasteiger partial charge in [0.15, 0.2) is 0 Å². The average Bonchev–Trinajstić information content (AvgIpc) is 2.17. The van der Waals surface area contributed by atoms with Gasteiger partial charge in [-0.25, -0.2) is 4.79 Å². The number of rotatable bonds is 4. The molecule has 4 heteroatoms. The zero-order valence-electron chi connectivity index (χ0n) is 8.66. The minimum Gasteiger partial charge on any atom is -0.490 e.